The van der Waals surface area contributed by atoms with Crippen molar-refractivity contribution in [2.24, 2.45) is 5.92 Å². The lowest BCUT2D eigenvalue weighted by Gasteiger charge is -2.47. The summed E-state index contributed by atoms with van der Waals surface area (Å²) in [5.74, 6) is -0.699. The summed E-state index contributed by atoms with van der Waals surface area (Å²) in [4.78, 5) is 0. The molecule has 0 radical (unpaired) electrons. The van der Waals surface area contributed by atoms with Crippen LogP contribution in [0.1, 0.15) is 54.0 Å². The van der Waals surface area contributed by atoms with E-state index in [1.54, 1.807) is 0 Å². The van der Waals surface area contributed by atoms with Gasteiger partial charge in [0.1, 0.15) is 11.9 Å². The Morgan fingerprint density at radius 1 is 0.730 bits per heavy atom. The van der Waals surface area contributed by atoms with Crippen molar-refractivity contribution >= 4 is 7.37 Å². The SMILES string of the molecule is CC(C)C(NCc1ccccc1)[P@@]1(=O)O[C@H](c2ccccc2)[C@H](c2ccccc2)N[C@@H]1c1ccccc1. The normalized spacial score (nSPS) is 24.6. The Bertz CT molecular complexity index is 1300. The molecule has 1 unspecified atom stereocenters. The Morgan fingerprint density at radius 2 is 1.22 bits per heavy atom. The summed E-state index contributed by atoms with van der Waals surface area (Å²) in [6.45, 7) is 4.86. The number of hydrogen-bond donors (Lipinski definition) is 2. The lowest BCUT2D eigenvalue weighted by atomic mass is 9.95. The van der Waals surface area contributed by atoms with Gasteiger partial charge in [-0.3, -0.25) is 9.88 Å². The fourth-order valence-corrected chi connectivity index (χ4v) is 8.56. The van der Waals surface area contributed by atoms with E-state index in [0.717, 1.165) is 22.3 Å². The summed E-state index contributed by atoms with van der Waals surface area (Å²) in [6.07, 6.45) is -0.394. The second kappa shape index (κ2) is 11.6. The van der Waals surface area contributed by atoms with E-state index in [0.29, 0.717) is 6.54 Å². The van der Waals surface area contributed by atoms with Gasteiger partial charge in [0.15, 0.2) is 0 Å². The molecule has 4 aromatic carbocycles. The van der Waals surface area contributed by atoms with Crippen LogP contribution in [0.25, 0.3) is 0 Å². The van der Waals surface area contributed by atoms with Gasteiger partial charge in [0.25, 0.3) is 0 Å². The molecule has 0 amide bonds. The molecule has 0 aliphatic carbocycles. The maximum atomic E-state index is 15.3. The summed E-state index contributed by atoms with van der Waals surface area (Å²) in [5, 5.41) is 7.47. The van der Waals surface area contributed by atoms with Gasteiger partial charge in [0, 0.05) is 6.54 Å². The first-order chi connectivity index (χ1) is 18.1. The van der Waals surface area contributed by atoms with Crippen LogP contribution in [0, 0.1) is 5.92 Å². The molecule has 1 aliphatic rings. The fourth-order valence-electron chi connectivity index (χ4n) is 5.25. The predicted molar refractivity (Wildman–Crippen MR) is 151 cm³/mol. The van der Waals surface area contributed by atoms with E-state index in [1.807, 2.05) is 84.9 Å². The van der Waals surface area contributed by atoms with Crippen molar-refractivity contribution in [1.29, 1.82) is 0 Å². The zero-order valence-electron chi connectivity index (χ0n) is 21.4. The molecule has 4 nitrogen and oxygen atoms in total. The first-order valence-corrected chi connectivity index (χ1v) is 14.8. The van der Waals surface area contributed by atoms with Crippen molar-refractivity contribution in [3.63, 3.8) is 0 Å². The summed E-state index contributed by atoms with van der Waals surface area (Å²) in [5.41, 5.74) is 4.26. The minimum absolute atomic E-state index is 0.0901. The molecule has 5 atom stereocenters. The quantitative estimate of drug-likeness (QED) is 0.237. The summed E-state index contributed by atoms with van der Waals surface area (Å²) >= 11 is 0. The molecule has 0 spiro atoms. The van der Waals surface area contributed by atoms with Crippen LogP contribution in [0.15, 0.2) is 121 Å². The molecule has 37 heavy (non-hydrogen) atoms. The molecule has 5 rings (SSSR count). The highest BCUT2D eigenvalue weighted by molar-refractivity contribution is 7.60. The van der Waals surface area contributed by atoms with E-state index in [2.05, 4.69) is 60.9 Å². The summed E-state index contributed by atoms with van der Waals surface area (Å²) in [6, 6.07) is 40.7. The van der Waals surface area contributed by atoms with Crippen LogP contribution >= 0.6 is 7.37 Å². The van der Waals surface area contributed by atoms with Gasteiger partial charge in [-0.15, -0.1) is 0 Å². The second-order valence-electron chi connectivity index (χ2n) is 10.0. The summed E-state index contributed by atoms with van der Waals surface area (Å²) < 4.78 is 22.3. The van der Waals surface area contributed by atoms with Crippen molar-refractivity contribution < 1.29 is 9.09 Å². The third-order valence-electron chi connectivity index (χ3n) is 7.06. The topological polar surface area (TPSA) is 50.4 Å². The Balaban J connectivity index is 1.59. The highest BCUT2D eigenvalue weighted by Crippen LogP contribution is 2.69. The minimum Gasteiger partial charge on any atom is -0.316 e. The highest BCUT2D eigenvalue weighted by Gasteiger charge is 2.52. The molecule has 190 valence electrons. The molecule has 0 saturated carbocycles. The van der Waals surface area contributed by atoms with Gasteiger partial charge in [-0.1, -0.05) is 135 Å². The van der Waals surface area contributed by atoms with E-state index >= 15 is 4.57 Å². The van der Waals surface area contributed by atoms with Crippen LogP contribution in [0.3, 0.4) is 0 Å². The van der Waals surface area contributed by atoms with Crippen LogP contribution in [0.4, 0.5) is 0 Å². The third-order valence-corrected chi connectivity index (χ3v) is 10.3. The van der Waals surface area contributed by atoms with Gasteiger partial charge in [-0.05, 0) is 28.2 Å². The summed E-state index contributed by atoms with van der Waals surface area (Å²) in [7, 11) is -3.35. The van der Waals surface area contributed by atoms with E-state index in [9.17, 15) is 0 Å². The van der Waals surface area contributed by atoms with Crippen molar-refractivity contribution in [3.05, 3.63) is 144 Å². The molecule has 0 aromatic heterocycles. The van der Waals surface area contributed by atoms with Crippen LogP contribution in [0.2, 0.25) is 0 Å². The van der Waals surface area contributed by atoms with Gasteiger partial charge in [0.2, 0.25) is 7.37 Å². The Morgan fingerprint density at radius 3 is 1.76 bits per heavy atom. The van der Waals surface area contributed by atoms with Crippen LogP contribution < -0.4 is 10.6 Å². The maximum Gasteiger partial charge on any atom is 0.241 e. The average molecular weight is 511 g/mol. The minimum atomic E-state index is -3.35. The van der Waals surface area contributed by atoms with E-state index in [-0.39, 0.29) is 17.7 Å². The van der Waals surface area contributed by atoms with E-state index < -0.39 is 19.3 Å². The molecule has 5 heteroatoms. The van der Waals surface area contributed by atoms with E-state index in [1.165, 1.54) is 0 Å². The van der Waals surface area contributed by atoms with Crippen molar-refractivity contribution in [2.75, 3.05) is 0 Å². The zero-order chi connectivity index (χ0) is 25.7. The zero-order valence-corrected chi connectivity index (χ0v) is 22.3. The molecular formula is C32H35N2O2P. The lowest BCUT2D eigenvalue weighted by molar-refractivity contribution is 0.115. The third kappa shape index (κ3) is 5.63. The van der Waals surface area contributed by atoms with Gasteiger partial charge in [0.05, 0.1) is 11.8 Å². The number of rotatable bonds is 8. The largest absolute Gasteiger partial charge is 0.316 e. The van der Waals surface area contributed by atoms with Gasteiger partial charge < -0.3 is 9.84 Å². The van der Waals surface area contributed by atoms with Crippen LogP contribution in [0.5, 0.6) is 0 Å². The number of hydrogen-bond acceptors (Lipinski definition) is 4. The molecule has 4 aromatic rings. The lowest BCUT2D eigenvalue weighted by Crippen LogP contribution is -2.44. The van der Waals surface area contributed by atoms with Crippen molar-refractivity contribution in [1.82, 2.24) is 10.6 Å². The first-order valence-electron chi connectivity index (χ1n) is 13.0. The number of benzene rings is 4. The average Bonchev–Trinajstić information content (AvgIpc) is 2.95. The van der Waals surface area contributed by atoms with Crippen LogP contribution in [-0.4, -0.2) is 5.78 Å². The molecule has 1 fully saturated rings. The Labute approximate surface area is 220 Å². The highest BCUT2D eigenvalue weighted by atomic mass is 31.2. The van der Waals surface area contributed by atoms with Crippen molar-refractivity contribution in [2.45, 2.75) is 44.1 Å². The van der Waals surface area contributed by atoms with Gasteiger partial charge in [-0.2, -0.15) is 0 Å². The Kier molecular flexibility index (Phi) is 8.02. The Hall–Kier alpha value is -3.01. The van der Waals surface area contributed by atoms with Crippen molar-refractivity contribution in [3.8, 4) is 0 Å². The predicted octanol–water partition coefficient (Wildman–Crippen LogP) is 7.84. The second-order valence-corrected chi connectivity index (χ2v) is 12.6. The fraction of sp³-hybridized carbons (Fsp3) is 0.250. The smallest absolute Gasteiger partial charge is 0.241 e. The standard InChI is InChI=1S/C32H35N2O2P/c1-24(2)31(33-23-25-15-7-3-8-16-25)37(35)32(28-21-13-6-14-22-28)34-29(26-17-9-4-10-18-26)30(36-37)27-19-11-5-12-20-27/h3-22,24,29-34H,23H2,1-2H3/t29-,30+,31?,32-,37+/m0/s1. The monoisotopic (exact) mass is 510 g/mol. The molecule has 1 aliphatic heterocycles. The van der Waals surface area contributed by atoms with Gasteiger partial charge in [-0.25, -0.2) is 0 Å². The molecular weight excluding hydrogens is 475 g/mol. The maximum absolute atomic E-state index is 15.3. The molecule has 0 bridgehead atoms. The van der Waals surface area contributed by atoms with E-state index in [4.69, 9.17) is 4.52 Å². The molecule has 2 N–H and O–H groups in total. The van der Waals surface area contributed by atoms with Crippen LogP contribution in [-0.2, 0) is 15.6 Å². The number of nitrogens with one attached hydrogen (secondary N) is 2. The first kappa shape index (κ1) is 25.6. The van der Waals surface area contributed by atoms with Gasteiger partial charge >= 0.3 is 0 Å². The molecule has 1 heterocycles. The molecule has 1 saturated heterocycles.